The van der Waals surface area contributed by atoms with E-state index in [1.54, 1.807) is 35.4 Å². The van der Waals surface area contributed by atoms with E-state index >= 15 is 0 Å². The number of carbonyl (C=O) groups excluding carboxylic acids is 1. The zero-order chi connectivity index (χ0) is 16.1. The minimum absolute atomic E-state index is 0.107. The second kappa shape index (κ2) is 7.07. The molecule has 1 heterocycles. The van der Waals surface area contributed by atoms with Crippen molar-refractivity contribution < 1.29 is 4.79 Å². The monoisotopic (exact) mass is 322 g/mol. The Morgan fingerprint density at radius 3 is 2.26 bits per heavy atom. The van der Waals surface area contributed by atoms with Gasteiger partial charge in [0.05, 0.1) is 6.54 Å². The van der Waals surface area contributed by atoms with Crippen LogP contribution in [0.2, 0.25) is 5.02 Å². The molecule has 114 valence electrons. The average molecular weight is 323 g/mol. The number of carbonyl (C=O) groups is 1. The fourth-order valence-electron chi connectivity index (χ4n) is 2.28. The number of aromatic nitrogens is 1. The molecule has 0 saturated heterocycles. The van der Waals surface area contributed by atoms with E-state index in [1.807, 2.05) is 48.5 Å². The van der Waals surface area contributed by atoms with E-state index in [9.17, 15) is 4.79 Å². The molecule has 3 nitrogen and oxygen atoms in total. The summed E-state index contributed by atoms with van der Waals surface area (Å²) in [4.78, 5) is 18.9. The van der Waals surface area contributed by atoms with Gasteiger partial charge in [0, 0.05) is 16.8 Å². The predicted molar refractivity (Wildman–Crippen MR) is 92.6 cm³/mol. The van der Waals surface area contributed by atoms with Gasteiger partial charge in [-0.05, 0) is 42.0 Å². The molecule has 3 aromatic rings. The lowest BCUT2D eigenvalue weighted by Crippen LogP contribution is -2.31. The molecule has 0 aliphatic heterocycles. The van der Waals surface area contributed by atoms with E-state index in [0.717, 1.165) is 5.56 Å². The standard InChI is InChI=1S/C19H15ClN2O/c20-17-11-9-16(10-12-17)19(23)22(18-8-4-5-13-21-18)14-15-6-2-1-3-7-15/h1-13H,14H2. The Morgan fingerprint density at radius 1 is 0.913 bits per heavy atom. The Balaban J connectivity index is 1.94. The highest BCUT2D eigenvalue weighted by Gasteiger charge is 2.19. The molecule has 1 aromatic heterocycles. The van der Waals surface area contributed by atoms with Crippen LogP contribution in [-0.4, -0.2) is 10.9 Å². The first-order valence-electron chi connectivity index (χ1n) is 7.26. The quantitative estimate of drug-likeness (QED) is 0.704. The molecule has 0 atom stereocenters. The van der Waals surface area contributed by atoms with E-state index < -0.39 is 0 Å². The number of hydrogen-bond acceptors (Lipinski definition) is 2. The third-order valence-electron chi connectivity index (χ3n) is 3.45. The average Bonchev–Trinajstić information content (AvgIpc) is 2.61. The van der Waals surface area contributed by atoms with Crippen LogP contribution in [0.4, 0.5) is 5.82 Å². The molecule has 0 spiro atoms. The highest BCUT2D eigenvalue weighted by Crippen LogP contribution is 2.19. The number of anilines is 1. The van der Waals surface area contributed by atoms with E-state index in [4.69, 9.17) is 11.6 Å². The van der Waals surface area contributed by atoms with Gasteiger partial charge in [-0.2, -0.15) is 0 Å². The number of pyridine rings is 1. The van der Waals surface area contributed by atoms with Crippen LogP contribution in [0, 0.1) is 0 Å². The van der Waals surface area contributed by atoms with Crippen molar-refractivity contribution in [3.63, 3.8) is 0 Å². The molecule has 0 radical (unpaired) electrons. The highest BCUT2D eigenvalue weighted by atomic mass is 35.5. The van der Waals surface area contributed by atoms with Crippen LogP contribution in [0.15, 0.2) is 79.0 Å². The first-order chi connectivity index (χ1) is 11.2. The summed E-state index contributed by atoms with van der Waals surface area (Å²) in [5, 5.41) is 0.606. The van der Waals surface area contributed by atoms with E-state index in [0.29, 0.717) is 22.9 Å². The van der Waals surface area contributed by atoms with Gasteiger partial charge in [-0.1, -0.05) is 48.0 Å². The van der Waals surface area contributed by atoms with Crippen LogP contribution in [0.1, 0.15) is 15.9 Å². The fourth-order valence-corrected chi connectivity index (χ4v) is 2.41. The van der Waals surface area contributed by atoms with Crippen LogP contribution in [0.5, 0.6) is 0 Å². The first kappa shape index (κ1) is 15.3. The number of nitrogens with zero attached hydrogens (tertiary/aromatic N) is 2. The number of hydrogen-bond donors (Lipinski definition) is 0. The van der Waals surface area contributed by atoms with Crippen LogP contribution < -0.4 is 4.90 Å². The third-order valence-corrected chi connectivity index (χ3v) is 3.70. The van der Waals surface area contributed by atoms with Crippen molar-refractivity contribution in [3.8, 4) is 0 Å². The molecular weight excluding hydrogens is 308 g/mol. The summed E-state index contributed by atoms with van der Waals surface area (Å²) >= 11 is 5.91. The minimum Gasteiger partial charge on any atom is -0.288 e. The van der Waals surface area contributed by atoms with Crippen molar-refractivity contribution in [1.29, 1.82) is 0 Å². The summed E-state index contributed by atoms with van der Waals surface area (Å²) in [6, 6.07) is 22.3. The van der Waals surface area contributed by atoms with Crippen molar-refractivity contribution in [1.82, 2.24) is 4.98 Å². The second-order valence-corrected chi connectivity index (χ2v) is 5.51. The molecular formula is C19H15ClN2O. The van der Waals surface area contributed by atoms with Gasteiger partial charge < -0.3 is 0 Å². The van der Waals surface area contributed by atoms with Crippen LogP contribution >= 0.6 is 11.6 Å². The second-order valence-electron chi connectivity index (χ2n) is 5.07. The Kier molecular flexibility index (Phi) is 4.69. The Morgan fingerprint density at radius 2 is 1.61 bits per heavy atom. The lowest BCUT2D eigenvalue weighted by atomic mass is 10.1. The van der Waals surface area contributed by atoms with Gasteiger partial charge in [-0.25, -0.2) is 4.98 Å². The van der Waals surface area contributed by atoms with Gasteiger partial charge >= 0.3 is 0 Å². The first-order valence-corrected chi connectivity index (χ1v) is 7.64. The van der Waals surface area contributed by atoms with E-state index in [1.165, 1.54) is 0 Å². The van der Waals surface area contributed by atoms with E-state index in [-0.39, 0.29) is 5.91 Å². The Hall–Kier alpha value is -2.65. The number of benzene rings is 2. The van der Waals surface area contributed by atoms with Gasteiger partial charge in [0.1, 0.15) is 5.82 Å². The minimum atomic E-state index is -0.107. The number of rotatable bonds is 4. The topological polar surface area (TPSA) is 33.2 Å². The largest absolute Gasteiger partial charge is 0.288 e. The SMILES string of the molecule is O=C(c1ccc(Cl)cc1)N(Cc1ccccc1)c1ccccn1. The molecule has 0 aliphatic rings. The van der Waals surface area contributed by atoms with Gasteiger partial charge in [-0.15, -0.1) is 0 Å². The van der Waals surface area contributed by atoms with Gasteiger partial charge in [0.25, 0.3) is 5.91 Å². The molecule has 0 bridgehead atoms. The molecule has 3 rings (SSSR count). The predicted octanol–water partition coefficient (Wildman–Crippen LogP) is 4.58. The van der Waals surface area contributed by atoms with Crippen molar-refractivity contribution >= 4 is 23.3 Å². The van der Waals surface area contributed by atoms with Gasteiger partial charge in [-0.3, -0.25) is 9.69 Å². The maximum absolute atomic E-state index is 12.9. The number of halogens is 1. The summed E-state index contributed by atoms with van der Waals surface area (Å²) in [5.74, 6) is 0.514. The van der Waals surface area contributed by atoms with Gasteiger partial charge in [0.2, 0.25) is 0 Å². The highest BCUT2D eigenvalue weighted by molar-refractivity contribution is 6.30. The summed E-state index contributed by atoms with van der Waals surface area (Å²) in [6.07, 6.45) is 1.68. The van der Waals surface area contributed by atoms with Crippen LogP contribution in [-0.2, 0) is 6.54 Å². The summed E-state index contributed by atoms with van der Waals surface area (Å²) in [7, 11) is 0. The van der Waals surface area contributed by atoms with Crippen molar-refractivity contribution in [2.75, 3.05) is 4.90 Å². The summed E-state index contributed by atoms with van der Waals surface area (Å²) in [5.41, 5.74) is 1.62. The van der Waals surface area contributed by atoms with Crippen molar-refractivity contribution in [2.24, 2.45) is 0 Å². The molecule has 0 N–H and O–H groups in total. The summed E-state index contributed by atoms with van der Waals surface area (Å²) < 4.78 is 0. The normalized spacial score (nSPS) is 10.3. The Labute approximate surface area is 140 Å². The lowest BCUT2D eigenvalue weighted by molar-refractivity contribution is 0.0984. The van der Waals surface area contributed by atoms with Crippen LogP contribution in [0.3, 0.4) is 0 Å². The van der Waals surface area contributed by atoms with E-state index in [2.05, 4.69) is 4.98 Å². The van der Waals surface area contributed by atoms with Crippen molar-refractivity contribution in [2.45, 2.75) is 6.54 Å². The fraction of sp³-hybridized carbons (Fsp3) is 0.0526. The molecule has 4 heteroatoms. The maximum Gasteiger partial charge on any atom is 0.259 e. The zero-order valence-corrected chi connectivity index (χ0v) is 13.1. The molecule has 23 heavy (non-hydrogen) atoms. The van der Waals surface area contributed by atoms with Gasteiger partial charge in [0.15, 0.2) is 0 Å². The molecule has 2 aromatic carbocycles. The zero-order valence-electron chi connectivity index (χ0n) is 12.4. The Bertz CT molecular complexity index is 773. The third kappa shape index (κ3) is 3.76. The smallest absolute Gasteiger partial charge is 0.259 e. The maximum atomic E-state index is 12.9. The molecule has 0 fully saturated rings. The van der Waals surface area contributed by atoms with Crippen molar-refractivity contribution in [3.05, 3.63) is 95.1 Å². The molecule has 0 aliphatic carbocycles. The molecule has 0 saturated carbocycles. The number of amides is 1. The molecule has 0 unspecified atom stereocenters. The molecule has 1 amide bonds. The summed E-state index contributed by atoms with van der Waals surface area (Å²) in [6.45, 7) is 0.458. The van der Waals surface area contributed by atoms with Crippen LogP contribution in [0.25, 0.3) is 0 Å². The lowest BCUT2D eigenvalue weighted by Gasteiger charge is -2.22.